The second kappa shape index (κ2) is 6.12. The Labute approximate surface area is 103 Å². The molecule has 16 heavy (non-hydrogen) atoms. The molecule has 0 aliphatic carbocycles. The van der Waals surface area contributed by atoms with Crippen molar-refractivity contribution in [3.05, 3.63) is 28.8 Å². The van der Waals surface area contributed by atoms with E-state index in [0.29, 0.717) is 0 Å². The molecule has 2 nitrogen and oxygen atoms in total. The van der Waals surface area contributed by atoms with Crippen molar-refractivity contribution in [1.82, 2.24) is 0 Å². The molecule has 3 heteroatoms. The molecule has 1 atom stereocenters. The molecule has 0 saturated heterocycles. The van der Waals surface area contributed by atoms with E-state index in [0.717, 1.165) is 29.2 Å². The summed E-state index contributed by atoms with van der Waals surface area (Å²) in [6, 6.07) is 5.95. The Morgan fingerprint density at radius 3 is 2.56 bits per heavy atom. The minimum atomic E-state index is 0.176. The van der Waals surface area contributed by atoms with E-state index in [1.165, 1.54) is 0 Å². The third-order valence-electron chi connectivity index (χ3n) is 2.25. The Balaban J connectivity index is 2.81. The van der Waals surface area contributed by atoms with E-state index in [1.54, 1.807) is 0 Å². The summed E-state index contributed by atoms with van der Waals surface area (Å²) in [5, 5.41) is 0.746. The van der Waals surface area contributed by atoms with Gasteiger partial charge in [0, 0.05) is 11.1 Å². The predicted molar refractivity (Wildman–Crippen MR) is 69.2 cm³/mol. The van der Waals surface area contributed by atoms with Crippen LogP contribution in [0.1, 0.15) is 32.8 Å². The van der Waals surface area contributed by atoms with Crippen LogP contribution >= 0.6 is 11.6 Å². The van der Waals surface area contributed by atoms with Crippen molar-refractivity contribution >= 4 is 11.6 Å². The van der Waals surface area contributed by atoms with Gasteiger partial charge in [-0.3, -0.25) is 0 Å². The molecule has 0 heterocycles. The average Bonchev–Trinajstić information content (AvgIpc) is 2.17. The van der Waals surface area contributed by atoms with Crippen molar-refractivity contribution in [2.75, 3.05) is 0 Å². The van der Waals surface area contributed by atoms with Crippen LogP contribution in [0.15, 0.2) is 18.2 Å². The van der Waals surface area contributed by atoms with E-state index in [4.69, 9.17) is 22.1 Å². The van der Waals surface area contributed by atoms with Gasteiger partial charge in [0.15, 0.2) is 0 Å². The molecule has 90 valence electrons. The van der Waals surface area contributed by atoms with Crippen LogP contribution in [0.25, 0.3) is 0 Å². The first-order valence-corrected chi connectivity index (χ1v) is 6.07. The van der Waals surface area contributed by atoms with Crippen molar-refractivity contribution in [1.29, 1.82) is 0 Å². The number of rotatable bonds is 5. The molecule has 0 spiro atoms. The van der Waals surface area contributed by atoms with Crippen molar-refractivity contribution in [3.8, 4) is 5.75 Å². The van der Waals surface area contributed by atoms with Gasteiger partial charge in [0.1, 0.15) is 5.75 Å². The second-order valence-corrected chi connectivity index (χ2v) is 4.87. The zero-order valence-corrected chi connectivity index (χ0v) is 10.9. The highest BCUT2D eigenvalue weighted by molar-refractivity contribution is 6.30. The van der Waals surface area contributed by atoms with Crippen LogP contribution in [0, 0.1) is 0 Å². The predicted octanol–water partition coefficient (Wildman–Crippen LogP) is 3.41. The topological polar surface area (TPSA) is 35.2 Å². The molecule has 1 aromatic rings. The van der Waals surface area contributed by atoms with Gasteiger partial charge < -0.3 is 10.5 Å². The number of hydrogen-bond acceptors (Lipinski definition) is 2. The van der Waals surface area contributed by atoms with Gasteiger partial charge in [-0.15, -0.1) is 0 Å². The SMILES string of the molecule is CC(N)CCc1cc(Cl)ccc1OC(C)C. The molecule has 1 aromatic carbocycles. The Morgan fingerprint density at radius 1 is 1.31 bits per heavy atom. The third kappa shape index (κ3) is 4.42. The summed E-state index contributed by atoms with van der Waals surface area (Å²) in [4.78, 5) is 0. The highest BCUT2D eigenvalue weighted by Crippen LogP contribution is 2.25. The quantitative estimate of drug-likeness (QED) is 0.858. The molecular weight excluding hydrogens is 222 g/mol. The molecule has 2 N–H and O–H groups in total. The summed E-state index contributed by atoms with van der Waals surface area (Å²) in [5.41, 5.74) is 6.89. The van der Waals surface area contributed by atoms with Crippen molar-refractivity contribution in [3.63, 3.8) is 0 Å². The highest BCUT2D eigenvalue weighted by atomic mass is 35.5. The largest absolute Gasteiger partial charge is 0.491 e. The van der Waals surface area contributed by atoms with Crippen molar-refractivity contribution in [2.24, 2.45) is 5.73 Å². The number of halogens is 1. The minimum absolute atomic E-state index is 0.176. The highest BCUT2D eigenvalue weighted by Gasteiger charge is 2.07. The zero-order valence-electron chi connectivity index (χ0n) is 10.2. The van der Waals surface area contributed by atoms with E-state index in [9.17, 15) is 0 Å². The molecule has 0 bridgehead atoms. The van der Waals surface area contributed by atoms with Gasteiger partial charge in [-0.2, -0.15) is 0 Å². The summed E-state index contributed by atoms with van der Waals surface area (Å²) in [7, 11) is 0. The lowest BCUT2D eigenvalue weighted by molar-refractivity contribution is 0.239. The Bertz CT molecular complexity index is 337. The van der Waals surface area contributed by atoms with E-state index < -0.39 is 0 Å². The molecule has 0 aromatic heterocycles. The van der Waals surface area contributed by atoms with Gasteiger partial charge in [0.25, 0.3) is 0 Å². The normalized spacial score (nSPS) is 12.9. The fourth-order valence-corrected chi connectivity index (χ4v) is 1.69. The Hall–Kier alpha value is -0.730. The molecule has 0 aliphatic heterocycles. The number of benzene rings is 1. The van der Waals surface area contributed by atoms with E-state index in [-0.39, 0.29) is 12.1 Å². The fraction of sp³-hybridized carbons (Fsp3) is 0.538. The Morgan fingerprint density at radius 2 is 2.00 bits per heavy atom. The summed E-state index contributed by atoms with van der Waals surface area (Å²) >= 11 is 5.98. The van der Waals surface area contributed by atoms with Crippen molar-refractivity contribution < 1.29 is 4.74 Å². The van der Waals surface area contributed by atoms with Gasteiger partial charge in [-0.05, 0) is 57.4 Å². The van der Waals surface area contributed by atoms with E-state index in [1.807, 2.05) is 39.0 Å². The van der Waals surface area contributed by atoms with Crippen LogP contribution in [0.4, 0.5) is 0 Å². The first-order valence-electron chi connectivity index (χ1n) is 5.69. The molecule has 0 aliphatic rings. The lowest BCUT2D eigenvalue weighted by Crippen LogP contribution is -2.16. The fourth-order valence-electron chi connectivity index (χ4n) is 1.50. The van der Waals surface area contributed by atoms with Gasteiger partial charge >= 0.3 is 0 Å². The number of nitrogens with two attached hydrogens (primary N) is 1. The van der Waals surface area contributed by atoms with E-state index >= 15 is 0 Å². The van der Waals surface area contributed by atoms with Gasteiger partial charge in [-0.1, -0.05) is 11.6 Å². The first-order chi connectivity index (χ1) is 7.49. The summed E-state index contributed by atoms with van der Waals surface area (Å²) in [5.74, 6) is 0.917. The lowest BCUT2D eigenvalue weighted by Gasteiger charge is -2.15. The minimum Gasteiger partial charge on any atom is -0.491 e. The number of aryl methyl sites for hydroxylation is 1. The summed E-state index contributed by atoms with van der Waals surface area (Å²) < 4.78 is 5.73. The maximum Gasteiger partial charge on any atom is 0.122 e. The van der Waals surface area contributed by atoms with Crippen LogP contribution in [-0.4, -0.2) is 12.1 Å². The van der Waals surface area contributed by atoms with E-state index in [2.05, 4.69) is 0 Å². The van der Waals surface area contributed by atoms with Gasteiger partial charge in [0.05, 0.1) is 6.10 Å². The molecule has 0 radical (unpaired) electrons. The van der Waals surface area contributed by atoms with Crippen LogP contribution in [0.3, 0.4) is 0 Å². The molecule has 0 saturated carbocycles. The molecule has 1 rings (SSSR count). The third-order valence-corrected chi connectivity index (χ3v) is 2.49. The number of hydrogen-bond donors (Lipinski definition) is 1. The van der Waals surface area contributed by atoms with Gasteiger partial charge in [0.2, 0.25) is 0 Å². The standard InChI is InChI=1S/C13H20ClNO/c1-9(2)16-13-7-6-12(14)8-11(13)5-4-10(3)15/h6-10H,4-5,15H2,1-3H3. The van der Waals surface area contributed by atoms with Crippen molar-refractivity contribution in [2.45, 2.75) is 45.8 Å². The Kier molecular flexibility index (Phi) is 5.10. The van der Waals surface area contributed by atoms with Crippen LogP contribution in [-0.2, 0) is 6.42 Å². The average molecular weight is 242 g/mol. The second-order valence-electron chi connectivity index (χ2n) is 4.43. The van der Waals surface area contributed by atoms with Crippen LogP contribution in [0.5, 0.6) is 5.75 Å². The summed E-state index contributed by atoms with van der Waals surface area (Å²) in [6.45, 7) is 6.04. The lowest BCUT2D eigenvalue weighted by atomic mass is 10.1. The van der Waals surface area contributed by atoms with Crippen LogP contribution in [0.2, 0.25) is 5.02 Å². The maximum absolute atomic E-state index is 5.98. The maximum atomic E-state index is 5.98. The molecular formula is C13H20ClNO. The van der Waals surface area contributed by atoms with Gasteiger partial charge in [-0.25, -0.2) is 0 Å². The molecule has 0 amide bonds. The zero-order chi connectivity index (χ0) is 12.1. The monoisotopic (exact) mass is 241 g/mol. The first kappa shape index (κ1) is 13.3. The molecule has 0 fully saturated rings. The smallest absolute Gasteiger partial charge is 0.122 e. The molecule has 1 unspecified atom stereocenters. The summed E-state index contributed by atoms with van der Waals surface area (Å²) in [6.07, 6.45) is 2.02. The van der Waals surface area contributed by atoms with Crippen LogP contribution < -0.4 is 10.5 Å². The number of ether oxygens (including phenoxy) is 1.